The molecule has 0 radical (unpaired) electrons. The Labute approximate surface area is 78.8 Å². The number of benzene rings is 1. The molecule has 2 aromatic heterocycles. The van der Waals surface area contributed by atoms with Gasteiger partial charge in [0.1, 0.15) is 11.3 Å². The molecular formula is C10H6N2O2. The molecular weight excluding hydrogens is 180 g/mol. The molecule has 0 bridgehead atoms. The van der Waals surface area contributed by atoms with Gasteiger partial charge in [0, 0.05) is 5.39 Å². The molecule has 68 valence electrons. The van der Waals surface area contributed by atoms with Crippen molar-refractivity contribution in [2.45, 2.75) is 0 Å². The lowest BCUT2D eigenvalue weighted by molar-refractivity contribution is 0.481. The number of fused-ring (bicyclic) bond motifs is 2. The Kier molecular flexibility index (Phi) is 1.28. The van der Waals surface area contributed by atoms with Gasteiger partial charge in [0.15, 0.2) is 6.39 Å². The summed E-state index contributed by atoms with van der Waals surface area (Å²) < 4.78 is 5.06. The average Bonchev–Trinajstić information content (AvgIpc) is 2.62. The van der Waals surface area contributed by atoms with Gasteiger partial charge < -0.3 is 9.52 Å². The SMILES string of the molecule is Oc1cccc2nc3ocnc3cc12. The molecule has 0 saturated heterocycles. The van der Waals surface area contributed by atoms with E-state index in [1.807, 2.05) is 6.07 Å². The molecule has 4 nitrogen and oxygen atoms in total. The highest BCUT2D eigenvalue weighted by atomic mass is 16.3. The van der Waals surface area contributed by atoms with E-state index in [-0.39, 0.29) is 5.75 Å². The molecule has 0 amide bonds. The van der Waals surface area contributed by atoms with E-state index >= 15 is 0 Å². The van der Waals surface area contributed by atoms with Crippen molar-refractivity contribution < 1.29 is 9.52 Å². The fraction of sp³-hybridized carbons (Fsp3) is 0. The van der Waals surface area contributed by atoms with Crippen LogP contribution in [0.3, 0.4) is 0 Å². The number of hydrogen-bond acceptors (Lipinski definition) is 4. The minimum absolute atomic E-state index is 0.208. The summed E-state index contributed by atoms with van der Waals surface area (Å²) in [6, 6.07) is 6.94. The van der Waals surface area contributed by atoms with E-state index in [1.54, 1.807) is 18.2 Å². The van der Waals surface area contributed by atoms with Gasteiger partial charge in [-0.25, -0.2) is 9.97 Å². The van der Waals surface area contributed by atoms with Crippen molar-refractivity contribution in [1.82, 2.24) is 9.97 Å². The Morgan fingerprint density at radius 3 is 3.07 bits per heavy atom. The zero-order valence-electron chi connectivity index (χ0n) is 7.14. The summed E-state index contributed by atoms with van der Waals surface area (Å²) in [6.07, 6.45) is 1.34. The van der Waals surface area contributed by atoms with Crippen molar-refractivity contribution >= 4 is 22.1 Å². The molecule has 0 unspecified atom stereocenters. The number of rotatable bonds is 0. The molecule has 1 N–H and O–H groups in total. The maximum atomic E-state index is 9.57. The monoisotopic (exact) mass is 186 g/mol. The second kappa shape index (κ2) is 2.45. The van der Waals surface area contributed by atoms with E-state index in [0.717, 1.165) is 0 Å². The van der Waals surface area contributed by atoms with E-state index in [0.29, 0.717) is 22.1 Å². The standard InChI is InChI=1S/C10H6N2O2/c13-9-3-1-2-7-6(9)4-8-10(12-7)14-5-11-8/h1-5,13H. The number of phenols is 1. The predicted octanol–water partition coefficient (Wildman–Crippen LogP) is 2.08. The molecule has 0 atom stereocenters. The van der Waals surface area contributed by atoms with Gasteiger partial charge in [-0.1, -0.05) is 6.07 Å². The van der Waals surface area contributed by atoms with Crippen LogP contribution in [0, 0.1) is 0 Å². The molecule has 0 fully saturated rings. The van der Waals surface area contributed by atoms with Crippen molar-refractivity contribution in [3.05, 3.63) is 30.7 Å². The van der Waals surface area contributed by atoms with Crippen molar-refractivity contribution in [3.63, 3.8) is 0 Å². The second-order valence-corrected chi connectivity index (χ2v) is 3.01. The molecule has 4 heteroatoms. The first-order valence-corrected chi connectivity index (χ1v) is 4.16. The Balaban J connectivity index is 2.57. The van der Waals surface area contributed by atoms with Crippen molar-refractivity contribution in [3.8, 4) is 5.75 Å². The molecule has 3 rings (SSSR count). The van der Waals surface area contributed by atoms with Gasteiger partial charge in [0.05, 0.1) is 5.52 Å². The smallest absolute Gasteiger partial charge is 0.247 e. The van der Waals surface area contributed by atoms with Crippen LogP contribution in [0.25, 0.3) is 22.1 Å². The summed E-state index contributed by atoms with van der Waals surface area (Å²) in [5.74, 6) is 0.208. The molecule has 0 saturated carbocycles. The molecule has 14 heavy (non-hydrogen) atoms. The number of nitrogens with zero attached hydrogens (tertiary/aromatic N) is 2. The minimum Gasteiger partial charge on any atom is -0.507 e. The summed E-state index contributed by atoms with van der Waals surface area (Å²) in [4.78, 5) is 8.18. The normalized spacial score (nSPS) is 11.1. The summed E-state index contributed by atoms with van der Waals surface area (Å²) in [5, 5.41) is 10.3. The van der Waals surface area contributed by atoms with Crippen LogP contribution in [0.5, 0.6) is 5.75 Å². The lowest BCUT2D eigenvalue weighted by atomic mass is 10.2. The number of oxazole rings is 1. The number of aromatic hydroxyl groups is 1. The summed E-state index contributed by atoms with van der Waals surface area (Å²) >= 11 is 0. The third kappa shape index (κ3) is 0.877. The molecule has 0 aliphatic carbocycles. The predicted molar refractivity (Wildman–Crippen MR) is 51.0 cm³/mol. The zero-order valence-corrected chi connectivity index (χ0v) is 7.14. The van der Waals surface area contributed by atoms with Crippen LogP contribution in [0.1, 0.15) is 0 Å². The van der Waals surface area contributed by atoms with Gasteiger partial charge in [0.25, 0.3) is 0 Å². The Morgan fingerprint density at radius 1 is 1.21 bits per heavy atom. The van der Waals surface area contributed by atoms with Crippen LogP contribution in [-0.2, 0) is 0 Å². The van der Waals surface area contributed by atoms with Crippen molar-refractivity contribution in [1.29, 1.82) is 0 Å². The van der Waals surface area contributed by atoms with Gasteiger partial charge in [-0.3, -0.25) is 0 Å². The number of aromatic nitrogens is 2. The highest BCUT2D eigenvalue weighted by Gasteiger charge is 2.05. The van der Waals surface area contributed by atoms with Crippen LogP contribution >= 0.6 is 0 Å². The Morgan fingerprint density at radius 2 is 2.14 bits per heavy atom. The van der Waals surface area contributed by atoms with E-state index in [4.69, 9.17) is 4.42 Å². The van der Waals surface area contributed by atoms with Crippen molar-refractivity contribution in [2.75, 3.05) is 0 Å². The van der Waals surface area contributed by atoms with Gasteiger partial charge >= 0.3 is 0 Å². The van der Waals surface area contributed by atoms with Crippen LogP contribution in [0.15, 0.2) is 35.1 Å². The minimum atomic E-state index is 0.208. The molecule has 0 spiro atoms. The summed E-state index contributed by atoms with van der Waals surface area (Å²) in [5.41, 5.74) is 1.84. The maximum absolute atomic E-state index is 9.57. The second-order valence-electron chi connectivity index (χ2n) is 3.01. The van der Waals surface area contributed by atoms with Gasteiger partial charge in [0.2, 0.25) is 5.71 Å². The summed E-state index contributed by atoms with van der Waals surface area (Å²) in [7, 11) is 0. The van der Waals surface area contributed by atoms with Gasteiger partial charge in [-0.2, -0.15) is 0 Å². The van der Waals surface area contributed by atoms with E-state index in [1.165, 1.54) is 6.39 Å². The Hall–Kier alpha value is -2.10. The topological polar surface area (TPSA) is 59.2 Å². The molecule has 0 aliphatic heterocycles. The third-order valence-corrected chi connectivity index (χ3v) is 2.14. The average molecular weight is 186 g/mol. The van der Waals surface area contributed by atoms with E-state index in [9.17, 15) is 5.11 Å². The van der Waals surface area contributed by atoms with Crippen LogP contribution in [0.4, 0.5) is 0 Å². The third-order valence-electron chi connectivity index (χ3n) is 2.14. The quantitative estimate of drug-likeness (QED) is 0.584. The lowest BCUT2D eigenvalue weighted by Crippen LogP contribution is -1.80. The molecule has 1 aromatic carbocycles. The van der Waals surface area contributed by atoms with Crippen molar-refractivity contribution in [2.24, 2.45) is 0 Å². The highest BCUT2D eigenvalue weighted by molar-refractivity contribution is 5.92. The first-order valence-electron chi connectivity index (χ1n) is 4.16. The summed E-state index contributed by atoms with van der Waals surface area (Å²) in [6.45, 7) is 0. The molecule has 3 aromatic rings. The first kappa shape index (κ1) is 7.32. The highest BCUT2D eigenvalue weighted by Crippen LogP contribution is 2.25. The largest absolute Gasteiger partial charge is 0.507 e. The maximum Gasteiger partial charge on any atom is 0.247 e. The van der Waals surface area contributed by atoms with Gasteiger partial charge in [-0.05, 0) is 18.2 Å². The van der Waals surface area contributed by atoms with E-state index in [2.05, 4.69) is 9.97 Å². The molecule has 2 heterocycles. The fourth-order valence-corrected chi connectivity index (χ4v) is 1.46. The number of pyridine rings is 1. The van der Waals surface area contributed by atoms with Crippen LogP contribution in [-0.4, -0.2) is 15.1 Å². The zero-order chi connectivity index (χ0) is 9.54. The van der Waals surface area contributed by atoms with Gasteiger partial charge in [-0.15, -0.1) is 0 Å². The number of phenolic OH excluding ortho intramolecular Hbond substituents is 1. The van der Waals surface area contributed by atoms with E-state index < -0.39 is 0 Å². The van der Waals surface area contributed by atoms with Crippen LogP contribution < -0.4 is 0 Å². The van der Waals surface area contributed by atoms with Crippen LogP contribution in [0.2, 0.25) is 0 Å². The fourth-order valence-electron chi connectivity index (χ4n) is 1.46. The first-order chi connectivity index (χ1) is 6.84. The molecule has 0 aliphatic rings. The Bertz CT molecular complexity index is 616. The number of hydrogen-bond donors (Lipinski definition) is 1. The lowest BCUT2D eigenvalue weighted by Gasteiger charge is -1.98.